The Hall–Kier alpha value is -1.86. The highest BCUT2D eigenvalue weighted by Crippen LogP contribution is 2.17. The Bertz CT molecular complexity index is 576. The summed E-state index contributed by atoms with van der Waals surface area (Å²) in [6.45, 7) is 0. The third-order valence-electron chi connectivity index (χ3n) is 1.92. The number of rotatable bonds is 2. The summed E-state index contributed by atoms with van der Waals surface area (Å²) in [7, 11) is 0. The van der Waals surface area contributed by atoms with Gasteiger partial charge in [-0.2, -0.15) is 0 Å². The molecule has 6 nitrogen and oxygen atoms in total. The summed E-state index contributed by atoms with van der Waals surface area (Å²) in [5.41, 5.74) is 0.793. The molecular weight excluding hydrogens is 230 g/mol. The molecule has 0 fully saturated rings. The van der Waals surface area contributed by atoms with E-state index in [9.17, 15) is 9.00 Å². The van der Waals surface area contributed by atoms with Gasteiger partial charge in [-0.05, 0) is 6.07 Å². The molecule has 1 atom stereocenters. The summed E-state index contributed by atoms with van der Waals surface area (Å²) >= 11 is -2.07. The Labute approximate surface area is 92.7 Å². The summed E-state index contributed by atoms with van der Waals surface area (Å²) in [4.78, 5) is 20.8. The Morgan fingerprint density at radius 1 is 1.25 bits per heavy atom. The number of nitrogens with zero attached hydrogens (tertiary/aromatic N) is 2. The molecule has 0 aromatic carbocycles. The first-order valence-electron chi connectivity index (χ1n) is 4.28. The molecule has 2 aromatic heterocycles. The Morgan fingerprint density at radius 3 is 2.69 bits per heavy atom. The van der Waals surface area contributed by atoms with Crippen molar-refractivity contribution < 1.29 is 8.76 Å². The maximum absolute atomic E-state index is 10.8. The Morgan fingerprint density at radius 2 is 2.06 bits per heavy atom. The molecule has 1 unspecified atom stereocenters. The van der Waals surface area contributed by atoms with Crippen LogP contribution in [-0.4, -0.2) is 23.7 Å². The zero-order chi connectivity index (χ0) is 11.5. The average molecular weight is 237 g/mol. The van der Waals surface area contributed by atoms with Gasteiger partial charge < -0.3 is 9.54 Å². The van der Waals surface area contributed by atoms with Gasteiger partial charge in [0, 0.05) is 35.9 Å². The normalized spacial score (nSPS) is 12.3. The second-order valence-electron chi connectivity index (χ2n) is 2.97. The standard InChI is InChI=1S/C9H7N3O3S/c13-9-11-3-7(4-12-9)6-1-8(16(14)15)5-10-2-6/h1-5H,(H,14,15)(H,11,12,13). The molecule has 0 bridgehead atoms. The van der Waals surface area contributed by atoms with Gasteiger partial charge in [0.05, 0.1) is 4.90 Å². The molecule has 82 valence electrons. The van der Waals surface area contributed by atoms with E-state index < -0.39 is 16.8 Å². The van der Waals surface area contributed by atoms with Crippen molar-refractivity contribution >= 4 is 11.1 Å². The van der Waals surface area contributed by atoms with Gasteiger partial charge in [0.25, 0.3) is 0 Å². The van der Waals surface area contributed by atoms with Gasteiger partial charge in [-0.15, -0.1) is 0 Å². The number of aromatic nitrogens is 3. The van der Waals surface area contributed by atoms with E-state index in [2.05, 4.69) is 15.0 Å². The minimum Gasteiger partial charge on any atom is -0.312 e. The zero-order valence-electron chi connectivity index (χ0n) is 7.95. The summed E-state index contributed by atoms with van der Waals surface area (Å²) in [6.07, 6.45) is 5.67. The molecule has 2 rings (SSSR count). The second-order valence-corrected chi connectivity index (χ2v) is 3.94. The number of hydrogen-bond donors (Lipinski definition) is 2. The predicted octanol–water partition coefficient (Wildman–Crippen LogP) is 0.412. The van der Waals surface area contributed by atoms with Gasteiger partial charge in [0.1, 0.15) is 0 Å². The number of hydrogen-bond acceptors (Lipinski definition) is 4. The lowest BCUT2D eigenvalue weighted by atomic mass is 10.2. The minimum absolute atomic E-state index is 0.198. The highest BCUT2D eigenvalue weighted by molar-refractivity contribution is 7.79. The van der Waals surface area contributed by atoms with Crippen molar-refractivity contribution in [3.8, 4) is 11.1 Å². The van der Waals surface area contributed by atoms with Crippen LogP contribution in [0.15, 0.2) is 40.5 Å². The van der Waals surface area contributed by atoms with Gasteiger partial charge in [-0.25, -0.2) is 14.0 Å². The first-order valence-corrected chi connectivity index (χ1v) is 5.38. The fourth-order valence-electron chi connectivity index (χ4n) is 1.17. The topological polar surface area (TPSA) is 95.9 Å². The molecule has 0 aliphatic carbocycles. The largest absolute Gasteiger partial charge is 0.344 e. The minimum atomic E-state index is -2.07. The molecule has 16 heavy (non-hydrogen) atoms. The van der Waals surface area contributed by atoms with E-state index in [0.717, 1.165) is 0 Å². The lowest BCUT2D eigenvalue weighted by Crippen LogP contribution is -2.07. The van der Waals surface area contributed by atoms with E-state index in [1.807, 2.05) is 0 Å². The van der Waals surface area contributed by atoms with Gasteiger partial charge >= 0.3 is 5.69 Å². The summed E-state index contributed by atoms with van der Waals surface area (Å²) < 4.78 is 19.7. The lowest BCUT2D eigenvalue weighted by molar-refractivity contribution is 0.564. The van der Waals surface area contributed by atoms with Crippen LogP contribution in [0, 0.1) is 0 Å². The third kappa shape index (κ3) is 2.20. The highest BCUT2D eigenvalue weighted by Gasteiger charge is 2.04. The van der Waals surface area contributed by atoms with Crippen LogP contribution in [0.3, 0.4) is 0 Å². The number of pyridine rings is 1. The molecule has 0 spiro atoms. The molecule has 7 heteroatoms. The van der Waals surface area contributed by atoms with Gasteiger partial charge in [-0.3, -0.25) is 4.98 Å². The SMILES string of the molecule is O=c1ncc(-c2cncc(S(=O)O)c2)c[nH]1. The van der Waals surface area contributed by atoms with Crippen molar-refractivity contribution in [3.63, 3.8) is 0 Å². The molecule has 0 radical (unpaired) electrons. The predicted molar refractivity (Wildman–Crippen MR) is 57.1 cm³/mol. The fourth-order valence-corrected chi connectivity index (χ4v) is 1.55. The molecule has 0 aliphatic heterocycles. The number of aromatic amines is 1. The van der Waals surface area contributed by atoms with E-state index in [1.165, 1.54) is 30.9 Å². The average Bonchev–Trinajstić information content (AvgIpc) is 2.30. The molecule has 0 aliphatic rings. The lowest BCUT2D eigenvalue weighted by Gasteiger charge is -2.00. The molecule has 0 saturated heterocycles. The molecule has 2 aromatic rings. The molecule has 2 heterocycles. The van der Waals surface area contributed by atoms with E-state index in [1.54, 1.807) is 0 Å². The highest BCUT2D eigenvalue weighted by atomic mass is 32.2. The fraction of sp³-hybridized carbons (Fsp3) is 0. The van der Waals surface area contributed by atoms with Crippen LogP contribution >= 0.6 is 0 Å². The zero-order valence-corrected chi connectivity index (χ0v) is 8.77. The molecule has 2 N–H and O–H groups in total. The van der Waals surface area contributed by atoms with Crippen LogP contribution in [0.1, 0.15) is 0 Å². The first-order chi connectivity index (χ1) is 7.66. The van der Waals surface area contributed by atoms with Crippen molar-refractivity contribution in [1.82, 2.24) is 15.0 Å². The Balaban J connectivity index is 2.48. The van der Waals surface area contributed by atoms with Crippen molar-refractivity contribution in [2.75, 3.05) is 0 Å². The number of H-pyrrole nitrogens is 1. The van der Waals surface area contributed by atoms with E-state index in [0.29, 0.717) is 11.1 Å². The Kier molecular flexibility index (Phi) is 2.88. The summed E-state index contributed by atoms with van der Waals surface area (Å²) in [5.74, 6) is 0. The summed E-state index contributed by atoms with van der Waals surface area (Å²) in [5, 5.41) is 0. The van der Waals surface area contributed by atoms with Crippen LogP contribution in [-0.2, 0) is 11.1 Å². The van der Waals surface area contributed by atoms with E-state index in [4.69, 9.17) is 4.55 Å². The maximum Gasteiger partial charge on any atom is 0.344 e. The van der Waals surface area contributed by atoms with Gasteiger partial charge in [0.15, 0.2) is 11.1 Å². The molecular formula is C9H7N3O3S. The van der Waals surface area contributed by atoms with E-state index in [-0.39, 0.29) is 4.90 Å². The van der Waals surface area contributed by atoms with Crippen LogP contribution in [0.2, 0.25) is 0 Å². The van der Waals surface area contributed by atoms with Gasteiger partial charge in [0.2, 0.25) is 0 Å². The van der Waals surface area contributed by atoms with Crippen molar-refractivity contribution in [2.24, 2.45) is 0 Å². The monoisotopic (exact) mass is 237 g/mol. The number of nitrogens with one attached hydrogen (secondary N) is 1. The van der Waals surface area contributed by atoms with Crippen molar-refractivity contribution in [1.29, 1.82) is 0 Å². The first kappa shape index (κ1) is 10.7. The van der Waals surface area contributed by atoms with Crippen LogP contribution < -0.4 is 5.69 Å². The molecule has 0 saturated carbocycles. The van der Waals surface area contributed by atoms with Crippen LogP contribution in [0.25, 0.3) is 11.1 Å². The van der Waals surface area contributed by atoms with Crippen molar-refractivity contribution in [3.05, 3.63) is 41.3 Å². The quantitative estimate of drug-likeness (QED) is 0.737. The van der Waals surface area contributed by atoms with Crippen LogP contribution in [0.5, 0.6) is 0 Å². The maximum atomic E-state index is 10.8. The van der Waals surface area contributed by atoms with E-state index >= 15 is 0 Å². The molecule has 0 amide bonds. The summed E-state index contributed by atoms with van der Waals surface area (Å²) in [6, 6.07) is 1.51. The third-order valence-corrected chi connectivity index (χ3v) is 2.55. The van der Waals surface area contributed by atoms with Crippen LogP contribution in [0.4, 0.5) is 0 Å². The smallest absolute Gasteiger partial charge is 0.312 e. The second kappa shape index (κ2) is 4.33. The van der Waals surface area contributed by atoms with Crippen molar-refractivity contribution in [2.45, 2.75) is 4.90 Å². The van der Waals surface area contributed by atoms with Gasteiger partial charge in [-0.1, -0.05) is 0 Å².